The lowest BCUT2D eigenvalue weighted by Crippen LogP contribution is -2.44. The number of sulfonamides is 1. The lowest BCUT2D eigenvalue weighted by molar-refractivity contribution is 0.276. The van der Waals surface area contributed by atoms with E-state index in [2.05, 4.69) is 15.9 Å². The van der Waals surface area contributed by atoms with Crippen molar-refractivity contribution in [2.45, 2.75) is 44.0 Å². The zero-order valence-corrected chi connectivity index (χ0v) is 15.0. The molecule has 1 aromatic rings. The fraction of sp³-hybridized carbons (Fsp3) is 0.692. The van der Waals surface area contributed by atoms with Crippen molar-refractivity contribution in [1.29, 1.82) is 0 Å². The molecule has 1 fully saturated rings. The Morgan fingerprint density at radius 3 is 2.70 bits per heavy atom. The van der Waals surface area contributed by atoms with Gasteiger partial charge in [0, 0.05) is 17.5 Å². The summed E-state index contributed by atoms with van der Waals surface area (Å²) in [6, 6.07) is 1.76. The number of aryl methyl sites for hydroxylation is 1. The normalized spacial score (nSPS) is 23.6. The summed E-state index contributed by atoms with van der Waals surface area (Å²) >= 11 is 4.83. The summed E-state index contributed by atoms with van der Waals surface area (Å²) in [5.74, 6) is 0.284. The molecule has 0 aromatic carbocycles. The fourth-order valence-corrected chi connectivity index (χ4v) is 7.18. The second-order valence-corrected chi connectivity index (χ2v) is 9.67. The number of hydrogen-bond acceptors (Lipinski definition) is 4. The van der Waals surface area contributed by atoms with Crippen LogP contribution in [0.25, 0.3) is 0 Å². The van der Waals surface area contributed by atoms with Gasteiger partial charge in [-0.2, -0.15) is 4.31 Å². The molecule has 1 heterocycles. The van der Waals surface area contributed by atoms with Crippen molar-refractivity contribution in [3.8, 4) is 0 Å². The molecule has 2 N–H and O–H groups in total. The van der Waals surface area contributed by atoms with Gasteiger partial charge >= 0.3 is 0 Å². The predicted octanol–water partition coefficient (Wildman–Crippen LogP) is 2.96. The largest absolute Gasteiger partial charge is 0.330 e. The molecular weight excluding hydrogens is 360 g/mol. The van der Waals surface area contributed by atoms with Crippen LogP contribution >= 0.6 is 27.3 Å². The van der Waals surface area contributed by atoms with E-state index in [4.69, 9.17) is 5.73 Å². The Morgan fingerprint density at radius 2 is 2.20 bits per heavy atom. The monoisotopic (exact) mass is 380 g/mol. The van der Waals surface area contributed by atoms with Crippen LogP contribution in [0.3, 0.4) is 0 Å². The average molecular weight is 381 g/mol. The van der Waals surface area contributed by atoms with Crippen molar-refractivity contribution >= 4 is 37.3 Å². The van der Waals surface area contributed by atoms with E-state index in [0.717, 1.165) is 27.9 Å². The van der Waals surface area contributed by atoms with Gasteiger partial charge in [-0.05, 0) is 54.2 Å². The van der Waals surface area contributed by atoms with Crippen LogP contribution in [0, 0.1) is 12.8 Å². The molecule has 1 aliphatic rings. The first-order valence-corrected chi connectivity index (χ1v) is 9.94. The Kier molecular flexibility index (Phi) is 5.29. The summed E-state index contributed by atoms with van der Waals surface area (Å²) in [5.41, 5.74) is 5.81. The van der Waals surface area contributed by atoms with Crippen molar-refractivity contribution < 1.29 is 8.42 Å². The van der Waals surface area contributed by atoms with Gasteiger partial charge in [0.25, 0.3) is 0 Å². The van der Waals surface area contributed by atoms with Crippen LogP contribution in [0.5, 0.6) is 0 Å². The van der Waals surface area contributed by atoms with Gasteiger partial charge in [0.05, 0.1) is 8.68 Å². The van der Waals surface area contributed by atoms with Crippen LogP contribution in [0.4, 0.5) is 0 Å². The molecule has 4 nitrogen and oxygen atoms in total. The topological polar surface area (TPSA) is 63.4 Å². The summed E-state index contributed by atoms with van der Waals surface area (Å²) in [4.78, 5) is 1.26. The summed E-state index contributed by atoms with van der Waals surface area (Å²) in [5, 5.41) is 0. The first kappa shape index (κ1) is 16.4. The molecule has 7 heteroatoms. The minimum atomic E-state index is -3.43. The number of nitrogens with zero attached hydrogens (tertiary/aromatic N) is 1. The standard InChI is InChI=1S/C13H21BrN2O2S2/c1-3-16(11-6-4-5-10(11)8-15)20(17,18)12-7-13(14)19-9(12)2/h7,10-11H,3-6,8,15H2,1-2H3. The number of nitrogens with two attached hydrogens (primary N) is 1. The zero-order valence-electron chi connectivity index (χ0n) is 11.8. The second-order valence-electron chi connectivity index (χ2n) is 5.17. The quantitative estimate of drug-likeness (QED) is 0.853. The molecule has 20 heavy (non-hydrogen) atoms. The van der Waals surface area contributed by atoms with Gasteiger partial charge in [-0.15, -0.1) is 11.3 Å². The van der Waals surface area contributed by atoms with Gasteiger partial charge in [-0.3, -0.25) is 0 Å². The molecular formula is C13H21BrN2O2S2. The van der Waals surface area contributed by atoms with Gasteiger partial charge in [0.2, 0.25) is 10.0 Å². The van der Waals surface area contributed by atoms with Crippen LogP contribution < -0.4 is 5.73 Å². The second kappa shape index (κ2) is 6.44. The molecule has 0 aliphatic heterocycles. The van der Waals surface area contributed by atoms with Crippen molar-refractivity contribution in [1.82, 2.24) is 4.31 Å². The van der Waals surface area contributed by atoms with Crippen LogP contribution in [-0.2, 0) is 10.0 Å². The van der Waals surface area contributed by atoms with Crippen molar-refractivity contribution in [3.05, 3.63) is 14.7 Å². The predicted molar refractivity (Wildman–Crippen MR) is 86.5 cm³/mol. The lowest BCUT2D eigenvalue weighted by atomic mass is 10.0. The summed E-state index contributed by atoms with van der Waals surface area (Å²) < 4.78 is 28.3. The Balaban J connectivity index is 2.37. The van der Waals surface area contributed by atoms with E-state index >= 15 is 0 Å². The fourth-order valence-electron chi connectivity index (χ4n) is 3.07. The molecule has 1 aromatic heterocycles. The van der Waals surface area contributed by atoms with Crippen LogP contribution in [0.2, 0.25) is 0 Å². The molecule has 1 saturated carbocycles. The van der Waals surface area contributed by atoms with Crippen LogP contribution in [-0.4, -0.2) is 31.9 Å². The Bertz CT molecular complexity index is 571. The molecule has 2 unspecified atom stereocenters. The molecule has 0 amide bonds. The number of hydrogen-bond donors (Lipinski definition) is 1. The van der Waals surface area contributed by atoms with E-state index in [9.17, 15) is 8.42 Å². The van der Waals surface area contributed by atoms with E-state index < -0.39 is 10.0 Å². The summed E-state index contributed by atoms with van der Waals surface area (Å²) in [7, 11) is -3.43. The zero-order chi connectivity index (χ0) is 14.9. The molecule has 0 bridgehead atoms. The van der Waals surface area contributed by atoms with E-state index in [1.165, 1.54) is 11.3 Å². The van der Waals surface area contributed by atoms with Gasteiger partial charge in [-0.25, -0.2) is 8.42 Å². The molecule has 0 radical (unpaired) electrons. The van der Waals surface area contributed by atoms with Crippen LogP contribution in [0.1, 0.15) is 31.1 Å². The van der Waals surface area contributed by atoms with Crippen molar-refractivity contribution in [2.75, 3.05) is 13.1 Å². The van der Waals surface area contributed by atoms with E-state index in [1.807, 2.05) is 13.8 Å². The Morgan fingerprint density at radius 1 is 1.50 bits per heavy atom. The van der Waals surface area contributed by atoms with Gasteiger partial charge in [0.15, 0.2) is 0 Å². The van der Waals surface area contributed by atoms with Crippen LogP contribution in [0.15, 0.2) is 14.7 Å². The molecule has 1 aliphatic carbocycles. The SMILES string of the molecule is CCN(C1CCCC1CN)S(=O)(=O)c1cc(Br)sc1C. The first-order valence-electron chi connectivity index (χ1n) is 6.89. The maximum atomic E-state index is 12.9. The third-order valence-corrected chi connectivity index (χ3v) is 7.84. The molecule has 2 rings (SSSR count). The molecule has 0 saturated heterocycles. The lowest BCUT2D eigenvalue weighted by Gasteiger charge is -2.30. The third-order valence-electron chi connectivity index (χ3n) is 4.03. The Hall–Kier alpha value is 0.0500. The maximum Gasteiger partial charge on any atom is 0.244 e. The summed E-state index contributed by atoms with van der Waals surface area (Å²) in [6.07, 6.45) is 3.00. The number of halogens is 1. The highest BCUT2D eigenvalue weighted by atomic mass is 79.9. The molecule has 0 spiro atoms. The highest BCUT2D eigenvalue weighted by molar-refractivity contribution is 9.11. The minimum absolute atomic E-state index is 0.0491. The molecule has 114 valence electrons. The number of rotatable bonds is 5. The van der Waals surface area contributed by atoms with E-state index in [1.54, 1.807) is 10.4 Å². The highest BCUT2D eigenvalue weighted by Gasteiger charge is 2.38. The van der Waals surface area contributed by atoms with Gasteiger partial charge in [-0.1, -0.05) is 13.3 Å². The van der Waals surface area contributed by atoms with E-state index in [0.29, 0.717) is 18.0 Å². The van der Waals surface area contributed by atoms with Crippen molar-refractivity contribution in [2.24, 2.45) is 11.7 Å². The van der Waals surface area contributed by atoms with Gasteiger partial charge < -0.3 is 5.73 Å². The summed E-state index contributed by atoms with van der Waals surface area (Å²) in [6.45, 7) is 4.81. The smallest absolute Gasteiger partial charge is 0.244 e. The molecule has 2 atom stereocenters. The third kappa shape index (κ3) is 2.97. The average Bonchev–Trinajstić information content (AvgIpc) is 2.96. The Labute approximate surface area is 133 Å². The number of thiophene rings is 1. The van der Waals surface area contributed by atoms with Crippen molar-refractivity contribution in [3.63, 3.8) is 0 Å². The van der Waals surface area contributed by atoms with Gasteiger partial charge in [0.1, 0.15) is 0 Å². The van der Waals surface area contributed by atoms with E-state index in [-0.39, 0.29) is 12.0 Å². The first-order chi connectivity index (χ1) is 9.41. The minimum Gasteiger partial charge on any atom is -0.330 e. The highest BCUT2D eigenvalue weighted by Crippen LogP contribution is 2.36. The maximum absolute atomic E-state index is 12.9.